The maximum Gasteiger partial charge on any atom is 0.268 e. The molecule has 134 valence electrons. The van der Waals surface area contributed by atoms with Crippen molar-refractivity contribution in [1.29, 1.82) is 5.26 Å². The van der Waals surface area contributed by atoms with E-state index in [1.807, 2.05) is 6.20 Å². The molecule has 2 aromatic rings. The molecule has 0 N–H and O–H groups in total. The van der Waals surface area contributed by atoms with Crippen molar-refractivity contribution >= 4 is 0 Å². The second-order valence-electron chi connectivity index (χ2n) is 7.15. The van der Waals surface area contributed by atoms with Crippen LogP contribution >= 0.6 is 0 Å². The van der Waals surface area contributed by atoms with Crippen molar-refractivity contribution < 1.29 is 4.74 Å². The van der Waals surface area contributed by atoms with E-state index in [1.165, 1.54) is 17.5 Å². The number of benzene rings is 1. The molecule has 2 aliphatic rings. The Balaban J connectivity index is 1.61. The highest BCUT2D eigenvalue weighted by molar-refractivity contribution is 5.36. The van der Waals surface area contributed by atoms with Crippen LogP contribution in [0.5, 0.6) is 0 Å². The number of rotatable bonds is 4. The number of nitriles is 1. The van der Waals surface area contributed by atoms with Crippen LogP contribution in [0.3, 0.4) is 0 Å². The molecule has 2 heterocycles. The van der Waals surface area contributed by atoms with E-state index in [1.54, 1.807) is 10.6 Å². The van der Waals surface area contributed by atoms with Gasteiger partial charge in [-0.15, -0.1) is 0 Å². The summed E-state index contributed by atoms with van der Waals surface area (Å²) in [6, 6.07) is 10.3. The van der Waals surface area contributed by atoms with Gasteiger partial charge in [0.15, 0.2) is 0 Å². The minimum Gasteiger partial charge on any atom is -0.379 e. The first-order valence-electron chi connectivity index (χ1n) is 9.27. The van der Waals surface area contributed by atoms with E-state index in [2.05, 4.69) is 29.2 Å². The first-order chi connectivity index (χ1) is 12.7. The van der Waals surface area contributed by atoms with Gasteiger partial charge in [0.25, 0.3) is 5.56 Å². The minimum atomic E-state index is -0.210. The molecule has 0 amide bonds. The Morgan fingerprint density at radius 3 is 2.65 bits per heavy atom. The molecule has 0 bridgehead atoms. The van der Waals surface area contributed by atoms with E-state index in [4.69, 9.17) is 4.74 Å². The van der Waals surface area contributed by atoms with Crippen molar-refractivity contribution in [3.63, 3.8) is 0 Å². The van der Waals surface area contributed by atoms with Crippen LogP contribution < -0.4 is 5.56 Å². The van der Waals surface area contributed by atoms with Gasteiger partial charge in [0.2, 0.25) is 0 Å². The molecule has 0 radical (unpaired) electrons. The second-order valence-corrected chi connectivity index (χ2v) is 7.15. The van der Waals surface area contributed by atoms with Gasteiger partial charge in [-0.3, -0.25) is 9.69 Å². The lowest BCUT2D eigenvalue weighted by Crippen LogP contribution is -2.36. The highest BCUT2D eigenvalue weighted by atomic mass is 16.5. The van der Waals surface area contributed by atoms with Crippen molar-refractivity contribution in [3.05, 3.63) is 68.6 Å². The fraction of sp³-hybridized carbons (Fsp3) is 0.429. The van der Waals surface area contributed by atoms with E-state index in [-0.39, 0.29) is 11.1 Å². The summed E-state index contributed by atoms with van der Waals surface area (Å²) in [5.74, 6) is 0. The summed E-state index contributed by atoms with van der Waals surface area (Å²) in [6.07, 6.45) is 5.40. The second kappa shape index (κ2) is 7.45. The molecule has 0 unspecified atom stereocenters. The average Bonchev–Trinajstić information content (AvgIpc) is 3.13. The van der Waals surface area contributed by atoms with Gasteiger partial charge in [-0.2, -0.15) is 5.26 Å². The van der Waals surface area contributed by atoms with Crippen molar-refractivity contribution in [3.8, 4) is 6.07 Å². The number of aryl methyl sites for hydroxylation is 2. The topological polar surface area (TPSA) is 58.3 Å². The van der Waals surface area contributed by atoms with Gasteiger partial charge >= 0.3 is 0 Å². The molecule has 5 heteroatoms. The van der Waals surface area contributed by atoms with Gasteiger partial charge in [0, 0.05) is 25.8 Å². The normalized spacial score (nSPS) is 17.0. The fourth-order valence-electron chi connectivity index (χ4n) is 3.92. The maximum absolute atomic E-state index is 12.6. The molecule has 0 atom stereocenters. The molecular weight excluding hydrogens is 326 g/mol. The molecule has 1 aliphatic carbocycles. The summed E-state index contributed by atoms with van der Waals surface area (Å²) >= 11 is 0. The van der Waals surface area contributed by atoms with Crippen LogP contribution in [0, 0.1) is 11.3 Å². The molecule has 1 aromatic carbocycles. The third-order valence-electron chi connectivity index (χ3n) is 5.29. The average molecular weight is 349 g/mol. The molecule has 0 saturated carbocycles. The zero-order chi connectivity index (χ0) is 17.9. The van der Waals surface area contributed by atoms with Crippen LogP contribution in [-0.4, -0.2) is 35.8 Å². The van der Waals surface area contributed by atoms with Crippen LogP contribution in [0.2, 0.25) is 0 Å². The van der Waals surface area contributed by atoms with Crippen LogP contribution in [-0.2, 0) is 30.7 Å². The Morgan fingerprint density at radius 2 is 1.85 bits per heavy atom. The summed E-state index contributed by atoms with van der Waals surface area (Å²) in [4.78, 5) is 14.9. The predicted octanol–water partition coefficient (Wildman–Crippen LogP) is 2.09. The number of morpholine rings is 1. The van der Waals surface area contributed by atoms with Crippen LogP contribution in [0.25, 0.3) is 0 Å². The molecular formula is C21H23N3O2. The standard InChI is InChI=1S/C21H23N3O2/c22-12-20-11-17(13-23-6-8-26-9-7-23)15-24(21(20)25)14-16-4-5-18-2-1-3-19(18)10-16/h4-5,10-11,15H,1-3,6-9,13-14H2. The van der Waals surface area contributed by atoms with Crippen molar-refractivity contribution in [2.24, 2.45) is 0 Å². The summed E-state index contributed by atoms with van der Waals surface area (Å²) < 4.78 is 7.08. The molecule has 4 rings (SSSR count). The number of hydrogen-bond acceptors (Lipinski definition) is 4. The molecule has 1 aliphatic heterocycles. The Kier molecular flexibility index (Phi) is 4.87. The lowest BCUT2D eigenvalue weighted by molar-refractivity contribution is 0.0341. The maximum atomic E-state index is 12.6. The summed E-state index contributed by atoms with van der Waals surface area (Å²) in [5, 5.41) is 9.37. The minimum absolute atomic E-state index is 0.210. The van der Waals surface area contributed by atoms with Gasteiger partial charge in [0.1, 0.15) is 11.6 Å². The molecule has 1 fully saturated rings. The number of fused-ring (bicyclic) bond motifs is 1. The third kappa shape index (κ3) is 3.57. The summed E-state index contributed by atoms with van der Waals surface area (Å²) in [7, 11) is 0. The van der Waals surface area contributed by atoms with E-state index in [9.17, 15) is 10.1 Å². The first kappa shape index (κ1) is 17.0. The van der Waals surface area contributed by atoms with Crippen LogP contribution in [0.4, 0.5) is 0 Å². The lowest BCUT2D eigenvalue weighted by Gasteiger charge is -2.26. The number of ether oxygens (including phenoxy) is 1. The summed E-state index contributed by atoms with van der Waals surface area (Å²) in [5.41, 5.74) is 4.97. The first-order valence-corrected chi connectivity index (χ1v) is 9.27. The van der Waals surface area contributed by atoms with Crippen molar-refractivity contribution in [2.75, 3.05) is 26.3 Å². The third-order valence-corrected chi connectivity index (χ3v) is 5.29. The number of hydrogen-bond donors (Lipinski definition) is 0. The van der Waals surface area contributed by atoms with E-state index in [0.29, 0.717) is 6.54 Å². The van der Waals surface area contributed by atoms with E-state index in [0.717, 1.165) is 56.8 Å². The number of pyridine rings is 1. The Bertz CT molecular complexity index is 904. The van der Waals surface area contributed by atoms with Gasteiger partial charge in [-0.25, -0.2) is 0 Å². The van der Waals surface area contributed by atoms with E-state index >= 15 is 0 Å². The molecule has 1 aromatic heterocycles. The van der Waals surface area contributed by atoms with Crippen LogP contribution in [0.1, 0.15) is 34.2 Å². The van der Waals surface area contributed by atoms with Gasteiger partial charge in [-0.1, -0.05) is 18.2 Å². The lowest BCUT2D eigenvalue weighted by atomic mass is 10.1. The molecule has 5 nitrogen and oxygen atoms in total. The zero-order valence-electron chi connectivity index (χ0n) is 14.9. The zero-order valence-corrected chi connectivity index (χ0v) is 14.9. The monoisotopic (exact) mass is 349 g/mol. The Hall–Kier alpha value is -2.42. The Labute approximate surface area is 153 Å². The fourth-order valence-corrected chi connectivity index (χ4v) is 3.92. The van der Waals surface area contributed by atoms with Crippen molar-refractivity contribution in [2.45, 2.75) is 32.4 Å². The SMILES string of the molecule is N#Cc1cc(CN2CCOCC2)cn(Cc2ccc3c(c2)CCC3)c1=O. The molecule has 0 spiro atoms. The predicted molar refractivity (Wildman–Crippen MR) is 99.1 cm³/mol. The largest absolute Gasteiger partial charge is 0.379 e. The van der Waals surface area contributed by atoms with Crippen molar-refractivity contribution in [1.82, 2.24) is 9.47 Å². The highest BCUT2D eigenvalue weighted by Gasteiger charge is 2.15. The van der Waals surface area contributed by atoms with Gasteiger partial charge in [-0.05, 0) is 47.6 Å². The van der Waals surface area contributed by atoms with Crippen LogP contribution in [0.15, 0.2) is 35.3 Å². The highest BCUT2D eigenvalue weighted by Crippen LogP contribution is 2.23. The number of nitrogens with zero attached hydrogens (tertiary/aromatic N) is 3. The molecule has 26 heavy (non-hydrogen) atoms. The molecule has 1 saturated heterocycles. The quantitative estimate of drug-likeness (QED) is 0.848. The Morgan fingerprint density at radius 1 is 1.04 bits per heavy atom. The summed E-state index contributed by atoms with van der Waals surface area (Å²) in [6.45, 7) is 4.48. The van der Waals surface area contributed by atoms with Gasteiger partial charge < -0.3 is 9.30 Å². The number of aromatic nitrogens is 1. The van der Waals surface area contributed by atoms with E-state index < -0.39 is 0 Å². The smallest absolute Gasteiger partial charge is 0.268 e. The van der Waals surface area contributed by atoms with Gasteiger partial charge in [0.05, 0.1) is 19.8 Å².